The Hall–Kier alpha value is -0.550. The molecule has 0 aromatic heterocycles. The molecule has 0 aliphatic rings. The van der Waals surface area contributed by atoms with Gasteiger partial charge in [-0.05, 0) is 31.3 Å². The van der Waals surface area contributed by atoms with Crippen molar-refractivity contribution in [2.24, 2.45) is 5.73 Å². The summed E-state index contributed by atoms with van der Waals surface area (Å²) in [5, 5.41) is 0. The van der Waals surface area contributed by atoms with E-state index in [0.717, 1.165) is 31.4 Å². The van der Waals surface area contributed by atoms with Gasteiger partial charge in [-0.3, -0.25) is 9.59 Å². The smallest absolute Gasteiger partial charge is 0.305 e. The molecule has 2 N–H and O–H groups in total. The fourth-order valence-corrected chi connectivity index (χ4v) is 1.93. The minimum absolute atomic E-state index is 0.136. The van der Waals surface area contributed by atoms with Crippen molar-refractivity contribution in [3.63, 3.8) is 0 Å². The number of ketones is 1. The van der Waals surface area contributed by atoms with E-state index in [1.807, 2.05) is 6.26 Å². The monoisotopic (exact) mass is 261 g/mol. The molecule has 0 spiro atoms. The first-order valence-electron chi connectivity index (χ1n) is 5.95. The zero-order valence-electron chi connectivity index (χ0n) is 10.7. The molecule has 4 nitrogen and oxygen atoms in total. The second-order valence-corrected chi connectivity index (χ2v) is 4.98. The molecule has 0 saturated carbocycles. The summed E-state index contributed by atoms with van der Waals surface area (Å²) in [6.45, 7) is 0. The highest BCUT2D eigenvalue weighted by molar-refractivity contribution is 7.98. The number of nitrogens with two attached hydrogens (primary N) is 1. The number of rotatable bonds is 10. The molecule has 0 unspecified atom stereocenters. The number of methoxy groups -OCH3 is 1. The number of thioether (sulfide) groups is 1. The number of ether oxygens (including phenoxy) is 1. The summed E-state index contributed by atoms with van der Waals surface area (Å²) in [7, 11) is 1.39. The fraction of sp³-hybridized carbons (Fsp3) is 0.833. The third-order valence-electron chi connectivity index (χ3n) is 2.58. The van der Waals surface area contributed by atoms with E-state index in [9.17, 15) is 9.59 Å². The molecular formula is C12H23NO3S. The van der Waals surface area contributed by atoms with Crippen LogP contribution in [0.2, 0.25) is 0 Å². The number of Topliss-reactive ketones (excluding diaryl/α,β-unsaturated/α-hetero) is 1. The molecule has 0 aromatic carbocycles. The summed E-state index contributed by atoms with van der Waals surface area (Å²) < 4.78 is 4.53. The van der Waals surface area contributed by atoms with Gasteiger partial charge in [-0.1, -0.05) is 6.42 Å². The van der Waals surface area contributed by atoms with Crippen LogP contribution in [-0.2, 0) is 14.3 Å². The SMILES string of the molecule is COC(=O)CCCCCC(=O)[C@@H](N)CCSC. The molecule has 0 bridgehead atoms. The number of hydrogen-bond donors (Lipinski definition) is 1. The Morgan fingerprint density at radius 3 is 2.47 bits per heavy atom. The maximum atomic E-state index is 11.6. The highest BCUT2D eigenvalue weighted by Crippen LogP contribution is 2.07. The number of hydrogen-bond acceptors (Lipinski definition) is 5. The largest absolute Gasteiger partial charge is 0.469 e. The molecule has 0 aliphatic carbocycles. The molecule has 17 heavy (non-hydrogen) atoms. The van der Waals surface area contributed by atoms with Crippen LogP contribution in [0.25, 0.3) is 0 Å². The Morgan fingerprint density at radius 1 is 1.24 bits per heavy atom. The minimum atomic E-state index is -0.317. The quantitative estimate of drug-likeness (QED) is 0.479. The van der Waals surface area contributed by atoms with Gasteiger partial charge in [0.25, 0.3) is 0 Å². The lowest BCUT2D eigenvalue weighted by molar-refractivity contribution is -0.140. The summed E-state index contributed by atoms with van der Waals surface area (Å²) in [6, 6.07) is -0.317. The molecule has 0 aromatic rings. The highest BCUT2D eigenvalue weighted by Gasteiger charge is 2.12. The van der Waals surface area contributed by atoms with Crippen molar-refractivity contribution in [1.82, 2.24) is 0 Å². The molecule has 1 atom stereocenters. The molecule has 0 aliphatic heterocycles. The Labute approximate surface area is 108 Å². The number of unbranched alkanes of at least 4 members (excludes halogenated alkanes) is 2. The third-order valence-corrected chi connectivity index (χ3v) is 3.22. The van der Waals surface area contributed by atoms with Crippen molar-refractivity contribution in [2.45, 2.75) is 44.6 Å². The van der Waals surface area contributed by atoms with Gasteiger partial charge in [0.1, 0.15) is 5.78 Å². The van der Waals surface area contributed by atoms with E-state index >= 15 is 0 Å². The van der Waals surface area contributed by atoms with E-state index in [4.69, 9.17) is 5.73 Å². The van der Waals surface area contributed by atoms with Crippen LogP contribution in [0.1, 0.15) is 38.5 Å². The number of carbonyl (C=O) groups is 2. The van der Waals surface area contributed by atoms with E-state index in [-0.39, 0.29) is 17.8 Å². The molecule has 0 saturated heterocycles. The zero-order valence-corrected chi connectivity index (χ0v) is 11.6. The maximum Gasteiger partial charge on any atom is 0.305 e. The molecule has 5 heteroatoms. The van der Waals surface area contributed by atoms with Gasteiger partial charge in [0, 0.05) is 12.8 Å². The molecule has 0 amide bonds. The molecule has 100 valence electrons. The van der Waals surface area contributed by atoms with E-state index in [0.29, 0.717) is 12.8 Å². The molecular weight excluding hydrogens is 238 g/mol. The minimum Gasteiger partial charge on any atom is -0.469 e. The van der Waals surface area contributed by atoms with E-state index in [1.54, 1.807) is 11.8 Å². The first kappa shape index (κ1) is 16.4. The average Bonchev–Trinajstić information content (AvgIpc) is 2.34. The standard InChI is InChI=1S/C12H23NO3S/c1-16-12(15)7-5-3-4-6-11(14)10(13)8-9-17-2/h10H,3-9,13H2,1-2H3/t10-/m0/s1. The fourth-order valence-electron chi connectivity index (χ4n) is 1.44. The van der Waals surface area contributed by atoms with Gasteiger partial charge < -0.3 is 10.5 Å². The van der Waals surface area contributed by atoms with Crippen LogP contribution in [0.15, 0.2) is 0 Å². The normalized spacial score (nSPS) is 12.2. The van der Waals surface area contributed by atoms with Crippen LogP contribution in [0, 0.1) is 0 Å². The predicted molar refractivity (Wildman–Crippen MR) is 71.1 cm³/mol. The Bertz CT molecular complexity index is 234. The summed E-state index contributed by atoms with van der Waals surface area (Å²) in [5.41, 5.74) is 5.75. The van der Waals surface area contributed by atoms with Crippen LogP contribution >= 0.6 is 11.8 Å². The van der Waals surface area contributed by atoms with E-state index in [2.05, 4.69) is 4.74 Å². The zero-order chi connectivity index (χ0) is 13.1. The lowest BCUT2D eigenvalue weighted by atomic mass is 10.0. The van der Waals surface area contributed by atoms with E-state index in [1.165, 1.54) is 7.11 Å². The first-order valence-corrected chi connectivity index (χ1v) is 7.35. The van der Waals surface area contributed by atoms with Crippen molar-refractivity contribution in [1.29, 1.82) is 0 Å². The topological polar surface area (TPSA) is 69.4 Å². The lowest BCUT2D eigenvalue weighted by Crippen LogP contribution is -2.30. The highest BCUT2D eigenvalue weighted by atomic mass is 32.2. The summed E-state index contributed by atoms with van der Waals surface area (Å²) in [6.07, 6.45) is 6.17. The van der Waals surface area contributed by atoms with Crippen molar-refractivity contribution in [3.05, 3.63) is 0 Å². The van der Waals surface area contributed by atoms with Crippen molar-refractivity contribution < 1.29 is 14.3 Å². The summed E-state index contributed by atoms with van der Waals surface area (Å²) >= 11 is 1.70. The Morgan fingerprint density at radius 2 is 1.88 bits per heavy atom. The maximum absolute atomic E-state index is 11.6. The Balaban J connectivity index is 3.47. The van der Waals surface area contributed by atoms with Crippen molar-refractivity contribution in [2.75, 3.05) is 19.1 Å². The van der Waals surface area contributed by atoms with Gasteiger partial charge in [0.05, 0.1) is 13.2 Å². The molecule has 0 radical (unpaired) electrons. The first-order chi connectivity index (χ1) is 8.11. The second-order valence-electron chi connectivity index (χ2n) is 3.99. The van der Waals surface area contributed by atoms with Crippen LogP contribution in [0.5, 0.6) is 0 Å². The van der Waals surface area contributed by atoms with Crippen LogP contribution in [0.4, 0.5) is 0 Å². The van der Waals surface area contributed by atoms with Gasteiger partial charge in [-0.25, -0.2) is 0 Å². The Kier molecular flexibility index (Phi) is 10.3. The van der Waals surface area contributed by atoms with Gasteiger partial charge >= 0.3 is 5.97 Å². The van der Waals surface area contributed by atoms with Gasteiger partial charge in [0.2, 0.25) is 0 Å². The van der Waals surface area contributed by atoms with Crippen molar-refractivity contribution >= 4 is 23.5 Å². The third kappa shape index (κ3) is 9.18. The summed E-state index contributed by atoms with van der Waals surface area (Å²) in [4.78, 5) is 22.4. The van der Waals surface area contributed by atoms with Crippen molar-refractivity contribution in [3.8, 4) is 0 Å². The second kappa shape index (κ2) is 10.6. The van der Waals surface area contributed by atoms with Gasteiger partial charge in [-0.15, -0.1) is 0 Å². The lowest BCUT2D eigenvalue weighted by Gasteiger charge is -2.09. The average molecular weight is 261 g/mol. The van der Waals surface area contributed by atoms with Gasteiger partial charge in [0.15, 0.2) is 0 Å². The van der Waals surface area contributed by atoms with Crippen LogP contribution in [0.3, 0.4) is 0 Å². The van der Waals surface area contributed by atoms with E-state index < -0.39 is 0 Å². The molecule has 0 rings (SSSR count). The predicted octanol–water partition coefficient (Wildman–Crippen LogP) is 1.76. The molecule has 0 heterocycles. The van der Waals surface area contributed by atoms with Gasteiger partial charge in [-0.2, -0.15) is 11.8 Å². The number of esters is 1. The van der Waals surface area contributed by atoms with Crippen LogP contribution in [-0.4, -0.2) is 36.9 Å². The van der Waals surface area contributed by atoms with Crippen LogP contribution < -0.4 is 5.73 Å². The molecule has 0 fully saturated rings. The summed E-state index contributed by atoms with van der Waals surface area (Å²) in [5.74, 6) is 0.875. The number of carbonyl (C=O) groups excluding carboxylic acids is 2.